The highest BCUT2D eigenvalue weighted by Gasteiger charge is 2.12. The van der Waals surface area contributed by atoms with Crippen LogP contribution in [0, 0.1) is 0 Å². The molecule has 0 aliphatic rings. The molecule has 0 spiro atoms. The van der Waals surface area contributed by atoms with Gasteiger partial charge in [0.2, 0.25) is 0 Å². The zero-order chi connectivity index (χ0) is 8.15. The number of nitrogens with one attached hydrogen (secondary N) is 1. The largest absolute Gasteiger partial charge is 0.394 e. The Morgan fingerprint density at radius 1 is 1.70 bits per heavy atom. The molecule has 3 nitrogen and oxygen atoms in total. The second-order valence-electron chi connectivity index (χ2n) is 2.21. The van der Waals surface area contributed by atoms with Gasteiger partial charge in [0.1, 0.15) is 0 Å². The molecule has 1 unspecified atom stereocenters. The molecule has 2 atom stereocenters. The van der Waals surface area contributed by atoms with Crippen molar-refractivity contribution in [2.75, 3.05) is 6.61 Å². The molecule has 10 heavy (non-hydrogen) atoms. The average molecular weight is 149 g/mol. The van der Waals surface area contributed by atoms with Gasteiger partial charge in [-0.15, -0.1) is 0 Å². The number of alkyl halides is 1. The lowest BCUT2D eigenvalue weighted by molar-refractivity contribution is -0.126. The standard InChI is InChI=1S/C6H12FNO2/c1-4(3-9)8-6(10)5(2)7/h4-5,9H,3H2,1-2H3,(H,8,10)/t4-,5?/m1/s1. The smallest absolute Gasteiger partial charge is 0.254 e. The topological polar surface area (TPSA) is 49.3 Å². The molecule has 1 amide bonds. The molecule has 0 bridgehead atoms. The number of carbonyl (C=O) groups is 1. The fourth-order valence-corrected chi connectivity index (χ4v) is 0.403. The van der Waals surface area contributed by atoms with Gasteiger partial charge in [-0.05, 0) is 13.8 Å². The van der Waals surface area contributed by atoms with E-state index in [2.05, 4.69) is 5.32 Å². The molecule has 4 heteroatoms. The van der Waals surface area contributed by atoms with Crippen LogP contribution in [0.3, 0.4) is 0 Å². The molecule has 60 valence electrons. The molecule has 0 saturated carbocycles. The van der Waals surface area contributed by atoms with Gasteiger partial charge >= 0.3 is 0 Å². The van der Waals surface area contributed by atoms with Gasteiger partial charge in [0.05, 0.1) is 6.61 Å². The first-order valence-corrected chi connectivity index (χ1v) is 3.13. The number of halogens is 1. The van der Waals surface area contributed by atoms with E-state index in [4.69, 9.17) is 5.11 Å². The minimum absolute atomic E-state index is 0.168. The zero-order valence-corrected chi connectivity index (χ0v) is 6.10. The molecule has 2 N–H and O–H groups in total. The third-order valence-electron chi connectivity index (χ3n) is 1.02. The van der Waals surface area contributed by atoms with E-state index in [0.717, 1.165) is 6.92 Å². The summed E-state index contributed by atoms with van der Waals surface area (Å²) in [6.45, 7) is 2.58. The monoisotopic (exact) mass is 149 g/mol. The Morgan fingerprint density at radius 3 is 2.50 bits per heavy atom. The SMILES string of the molecule is CC(F)C(=O)N[C@H](C)CO. The predicted octanol–water partition coefficient (Wildman–Crippen LogP) is -0.159. The van der Waals surface area contributed by atoms with Gasteiger partial charge < -0.3 is 10.4 Å². The highest BCUT2D eigenvalue weighted by molar-refractivity contribution is 5.80. The van der Waals surface area contributed by atoms with Crippen molar-refractivity contribution in [3.05, 3.63) is 0 Å². The first-order valence-electron chi connectivity index (χ1n) is 3.13. The number of hydrogen-bond acceptors (Lipinski definition) is 2. The number of aliphatic hydroxyl groups is 1. The van der Waals surface area contributed by atoms with Crippen LogP contribution < -0.4 is 5.32 Å². The first-order chi connectivity index (χ1) is 4.57. The third kappa shape index (κ3) is 3.40. The van der Waals surface area contributed by atoms with Gasteiger partial charge in [0.15, 0.2) is 6.17 Å². The van der Waals surface area contributed by atoms with Crippen molar-refractivity contribution in [1.29, 1.82) is 0 Å². The minimum atomic E-state index is -1.51. The van der Waals surface area contributed by atoms with E-state index in [0.29, 0.717) is 0 Å². The summed E-state index contributed by atoms with van der Waals surface area (Å²) in [5.74, 6) is -0.679. The molecule has 0 rings (SSSR count). The summed E-state index contributed by atoms with van der Waals surface area (Å²) in [4.78, 5) is 10.5. The van der Waals surface area contributed by atoms with Gasteiger partial charge in [0, 0.05) is 6.04 Å². The summed E-state index contributed by atoms with van der Waals surface area (Å²) < 4.78 is 12.1. The Labute approximate surface area is 59.2 Å². The average Bonchev–Trinajstić information content (AvgIpc) is 1.87. The number of carbonyl (C=O) groups excluding carboxylic acids is 1. The lowest BCUT2D eigenvalue weighted by Gasteiger charge is -2.10. The molecule has 0 heterocycles. The summed E-state index contributed by atoms with van der Waals surface area (Å²) in [6.07, 6.45) is -1.51. The summed E-state index contributed by atoms with van der Waals surface area (Å²) in [7, 11) is 0. The summed E-state index contributed by atoms with van der Waals surface area (Å²) in [6, 6.07) is -0.370. The van der Waals surface area contributed by atoms with Gasteiger partial charge in [-0.3, -0.25) is 4.79 Å². The molecular formula is C6H12FNO2. The van der Waals surface area contributed by atoms with E-state index in [1.54, 1.807) is 6.92 Å². The van der Waals surface area contributed by atoms with E-state index in [1.807, 2.05) is 0 Å². The van der Waals surface area contributed by atoms with E-state index in [9.17, 15) is 9.18 Å². The van der Waals surface area contributed by atoms with Crippen LogP contribution in [0.1, 0.15) is 13.8 Å². The van der Waals surface area contributed by atoms with Crippen molar-refractivity contribution in [3.8, 4) is 0 Å². The van der Waals surface area contributed by atoms with Crippen LogP contribution in [0.2, 0.25) is 0 Å². The maximum absolute atomic E-state index is 12.1. The Hall–Kier alpha value is -0.640. The number of aliphatic hydroxyl groups excluding tert-OH is 1. The molecule has 0 aromatic carbocycles. The van der Waals surface area contributed by atoms with Crippen molar-refractivity contribution in [1.82, 2.24) is 5.32 Å². The Morgan fingerprint density at radius 2 is 2.20 bits per heavy atom. The molecule has 0 saturated heterocycles. The maximum atomic E-state index is 12.1. The van der Waals surface area contributed by atoms with Gasteiger partial charge in [-0.2, -0.15) is 0 Å². The van der Waals surface area contributed by atoms with Crippen molar-refractivity contribution < 1.29 is 14.3 Å². The highest BCUT2D eigenvalue weighted by atomic mass is 19.1. The maximum Gasteiger partial charge on any atom is 0.254 e. The Balaban J connectivity index is 3.57. The second-order valence-corrected chi connectivity index (χ2v) is 2.21. The summed E-state index contributed by atoms with van der Waals surface area (Å²) >= 11 is 0. The number of rotatable bonds is 3. The van der Waals surface area contributed by atoms with Crippen molar-refractivity contribution >= 4 is 5.91 Å². The molecule has 0 aliphatic heterocycles. The Bertz CT molecular complexity index is 116. The Kier molecular flexibility index (Phi) is 3.95. The van der Waals surface area contributed by atoms with Crippen molar-refractivity contribution in [3.63, 3.8) is 0 Å². The van der Waals surface area contributed by atoms with E-state index in [-0.39, 0.29) is 12.6 Å². The lowest BCUT2D eigenvalue weighted by atomic mass is 10.3. The lowest BCUT2D eigenvalue weighted by Crippen LogP contribution is -2.39. The van der Waals surface area contributed by atoms with Crippen LogP contribution in [-0.4, -0.2) is 29.8 Å². The normalized spacial score (nSPS) is 16.0. The quantitative estimate of drug-likeness (QED) is 0.586. The van der Waals surface area contributed by atoms with E-state index in [1.165, 1.54) is 0 Å². The molecule has 0 aromatic heterocycles. The molecule has 0 radical (unpaired) electrons. The zero-order valence-electron chi connectivity index (χ0n) is 6.10. The molecular weight excluding hydrogens is 137 g/mol. The minimum Gasteiger partial charge on any atom is -0.394 e. The van der Waals surface area contributed by atoms with Gasteiger partial charge in [-0.1, -0.05) is 0 Å². The van der Waals surface area contributed by atoms with Gasteiger partial charge in [-0.25, -0.2) is 4.39 Å². The second kappa shape index (κ2) is 4.22. The molecule has 0 fully saturated rings. The van der Waals surface area contributed by atoms with E-state index >= 15 is 0 Å². The third-order valence-corrected chi connectivity index (χ3v) is 1.02. The van der Waals surface area contributed by atoms with E-state index < -0.39 is 12.1 Å². The van der Waals surface area contributed by atoms with Gasteiger partial charge in [0.25, 0.3) is 5.91 Å². The highest BCUT2D eigenvalue weighted by Crippen LogP contribution is 1.88. The summed E-state index contributed by atoms with van der Waals surface area (Å²) in [5.41, 5.74) is 0. The number of hydrogen-bond donors (Lipinski definition) is 2. The van der Waals surface area contributed by atoms with Crippen LogP contribution in [0.4, 0.5) is 4.39 Å². The fraction of sp³-hybridized carbons (Fsp3) is 0.833. The van der Waals surface area contributed by atoms with Crippen LogP contribution >= 0.6 is 0 Å². The van der Waals surface area contributed by atoms with Crippen LogP contribution in [0.15, 0.2) is 0 Å². The molecule has 0 aliphatic carbocycles. The summed E-state index contributed by atoms with van der Waals surface area (Å²) in [5, 5.41) is 10.7. The van der Waals surface area contributed by atoms with Crippen molar-refractivity contribution in [2.45, 2.75) is 26.1 Å². The first kappa shape index (κ1) is 9.36. The fourth-order valence-electron chi connectivity index (χ4n) is 0.403. The number of amides is 1. The predicted molar refractivity (Wildman–Crippen MR) is 35.3 cm³/mol. The van der Waals surface area contributed by atoms with Crippen LogP contribution in [0.25, 0.3) is 0 Å². The molecule has 0 aromatic rings. The van der Waals surface area contributed by atoms with Crippen molar-refractivity contribution in [2.24, 2.45) is 0 Å². The van der Waals surface area contributed by atoms with Crippen LogP contribution in [0.5, 0.6) is 0 Å². The van der Waals surface area contributed by atoms with Crippen LogP contribution in [-0.2, 0) is 4.79 Å².